The molecule has 0 aliphatic heterocycles. The van der Waals surface area contributed by atoms with Gasteiger partial charge in [-0.05, 0) is 37.0 Å². The molecule has 1 aliphatic rings. The van der Waals surface area contributed by atoms with Gasteiger partial charge in [-0.3, -0.25) is 4.79 Å². The van der Waals surface area contributed by atoms with E-state index in [1.54, 1.807) is 16.4 Å². The number of allylic oxidation sites excluding steroid dienone is 2. The standard InChI is InChI=1S/C12H17N3OS/c1-3-17-12-13-11(16)10(14-15(12)2)9-7-5-4-6-8-9/h7H,3-6,8H2,1-2H3. The second-order valence-corrected chi connectivity index (χ2v) is 5.31. The van der Waals surface area contributed by atoms with E-state index in [1.165, 1.54) is 6.42 Å². The molecule has 1 aliphatic carbocycles. The van der Waals surface area contributed by atoms with Gasteiger partial charge in [0.05, 0.1) is 0 Å². The minimum atomic E-state index is -0.188. The van der Waals surface area contributed by atoms with E-state index >= 15 is 0 Å². The summed E-state index contributed by atoms with van der Waals surface area (Å²) in [4.78, 5) is 16.0. The van der Waals surface area contributed by atoms with Gasteiger partial charge in [-0.15, -0.1) is 0 Å². The van der Waals surface area contributed by atoms with Gasteiger partial charge in [-0.25, -0.2) is 4.68 Å². The largest absolute Gasteiger partial charge is 0.300 e. The van der Waals surface area contributed by atoms with Crippen LogP contribution in [0.2, 0.25) is 0 Å². The van der Waals surface area contributed by atoms with Crippen LogP contribution in [0, 0.1) is 0 Å². The third kappa shape index (κ3) is 2.77. The van der Waals surface area contributed by atoms with E-state index in [0.717, 1.165) is 30.6 Å². The molecule has 0 amide bonds. The van der Waals surface area contributed by atoms with Crippen molar-refractivity contribution in [2.75, 3.05) is 5.75 Å². The zero-order chi connectivity index (χ0) is 12.3. The average molecular weight is 251 g/mol. The summed E-state index contributed by atoms with van der Waals surface area (Å²) in [5.74, 6) is 0.893. The van der Waals surface area contributed by atoms with Crippen molar-refractivity contribution in [1.82, 2.24) is 14.8 Å². The topological polar surface area (TPSA) is 47.8 Å². The van der Waals surface area contributed by atoms with Crippen molar-refractivity contribution < 1.29 is 0 Å². The van der Waals surface area contributed by atoms with Crippen LogP contribution in [-0.2, 0) is 7.05 Å². The van der Waals surface area contributed by atoms with Crippen molar-refractivity contribution in [3.8, 4) is 0 Å². The molecule has 0 aromatic carbocycles. The van der Waals surface area contributed by atoms with E-state index in [2.05, 4.69) is 16.2 Å². The Hall–Kier alpha value is -1.10. The zero-order valence-corrected chi connectivity index (χ0v) is 11.1. The lowest BCUT2D eigenvalue weighted by molar-refractivity contribution is 0.601. The highest BCUT2D eigenvalue weighted by molar-refractivity contribution is 7.99. The molecule has 0 saturated heterocycles. The fourth-order valence-electron chi connectivity index (χ4n) is 1.96. The SMILES string of the molecule is CCSc1nc(=O)c(C2=CCCCC2)nn1C. The monoisotopic (exact) mass is 251 g/mol. The Labute approximate surface area is 105 Å². The van der Waals surface area contributed by atoms with Gasteiger partial charge in [0, 0.05) is 7.05 Å². The first-order valence-electron chi connectivity index (χ1n) is 6.00. The summed E-state index contributed by atoms with van der Waals surface area (Å²) in [5.41, 5.74) is 1.41. The van der Waals surface area contributed by atoms with Crippen LogP contribution in [0.1, 0.15) is 38.3 Å². The molecule has 92 valence electrons. The van der Waals surface area contributed by atoms with E-state index in [4.69, 9.17) is 0 Å². The van der Waals surface area contributed by atoms with Crippen LogP contribution >= 0.6 is 11.8 Å². The van der Waals surface area contributed by atoms with Gasteiger partial charge in [0.15, 0.2) is 10.9 Å². The second kappa shape index (κ2) is 5.49. The van der Waals surface area contributed by atoms with E-state index in [9.17, 15) is 4.79 Å². The number of aromatic nitrogens is 3. The minimum Gasteiger partial charge on any atom is -0.265 e. The molecule has 0 bridgehead atoms. The lowest BCUT2D eigenvalue weighted by Crippen LogP contribution is -2.21. The summed E-state index contributed by atoms with van der Waals surface area (Å²) in [5, 5.41) is 5.06. The summed E-state index contributed by atoms with van der Waals surface area (Å²) in [6.45, 7) is 2.04. The molecular weight excluding hydrogens is 234 g/mol. The van der Waals surface area contributed by atoms with E-state index in [-0.39, 0.29) is 5.56 Å². The van der Waals surface area contributed by atoms with Crippen molar-refractivity contribution in [3.63, 3.8) is 0 Å². The average Bonchev–Trinajstić information content (AvgIpc) is 2.35. The van der Waals surface area contributed by atoms with Gasteiger partial charge < -0.3 is 0 Å². The molecule has 0 N–H and O–H groups in total. The molecule has 2 rings (SSSR count). The van der Waals surface area contributed by atoms with Gasteiger partial charge in [0.25, 0.3) is 5.56 Å². The fourth-order valence-corrected chi connectivity index (χ4v) is 2.59. The molecule has 4 nitrogen and oxygen atoms in total. The Morgan fingerprint density at radius 1 is 1.47 bits per heavy atom. The maximum Gasteiger partial charge on any atom is 0.300 e. The van der Waals surface area contributed by atoms with Crippen molar-refractivity contribution >= 4 is 17.3 Å². The molecule has 0 unspecified atom stereocenters. The quantitative estimate of drug-likeness (QED) is 0.773. The summed E-state index contributed by atoms with van der Waals surface area (Å²) >= 11 is 1.54. The predicted molar refractivity (Wildman–Crippen MR) is 70.1 cm³/mol. The zero-order valence-electron chi connectivity index (χ0n) is 10.3. The van der Waals surface area contributed by atoms with Crippen LogP contribution in [0.15, 0.2) is 16.0 Å². The van der Waals surface area contributed by atoms with E-state index in [1.807, 2.05) is 14.0 Å². The summed E-state index contributed by atoms with van der Waals surface area (Å²) < 4.78 is 1.71. The Morgan fingerprint density at radius 2 is 2.29 bits per heavy atom. The Kier molecular flexibility index (Phi) is 3.99. The van der Waals surface area contributed by atoms with Crippen LogP contribution in [0.3, 0.4) is 0 Å². The van der Waals surface area contributed by atoms with Crippen molar-refractivity contribution in [2.24, 2.45) is 7.05 Å². The second-order valence-electron chi connectivity index (χ2n) is 4.08. The first kappa shape index (κ1) is 12.4. The molecule has 0 atom stereocenters. The molecule has 0 fully saturated rings. The normalized spacial score (nSPS) is 15.8. The predicted octanol–water partition coefficient (Wildman–Crippen LogP) is 2.24. The molecule has 0 radical (unpaired) electrons. The van der Waals surface area contributed by atoms with Gasteiger partial charge in [-0.1, -0.05) is 24.8 Å². The molecule has 1 aromatic rings. The smallest absolute Gasteiger partial charge is 0.265 e. The Balaban J connectivity index is 2.39. The first-order chi connectivity index (χ1) is 8.22. The fraction of sp³-hybridized carbons (Fsp3) is 0.583. The number of thioether (sulfide) groups is 1. The Bertz CT molecular complexity index is 493. The van der Waals surface area contributed by atoms with Crippen LogP contribution in [0.5, 0.6) is 0 Å². The maximum absolute atomic E-state index is 11.9. The molecule has 0 saturated carbocycles. The summed E-state index contributed by atoms with van der Waals surface area (Å²) in [6, 6.07) is 0. The Morgan fingerprint density at radius 3 is 2.94 bits per heavy atom. The van der Waals surface area contributed by atoms with Crippen LogP contribution < -0.4 is 5.56 Å². The molecule has 1 heterocycles. The van der Waals surface area contributed by atoms with Gasteiger partial charge in [0.2, 0.25) is 0 Å². The van der Waals surface area contributed by atoms with Crippen LogP contribution in [0.4, 0.5) is 0 Å². The number of hydrogen-bond acceptors (Lipinski definition) is 4. The first-order valence-corrected chi connectivity index (χ1v) is 6.98. The lowest BCUT2D eigenvalue weighted by Gasteiger charge is -2.12. The third-order valence-electron chi connectivity index (χ3n) is 2.80. The van der Waals surface area contributed by atoms with Crippen LogP contribution in [-0.4, -0.2) is 20.5 Å². The van der Waals surface area contributed by atoms with Crippen molar-refractivity contribution in [1.29, 1.82) is 0 Å². The molecule has 0 spiro atoms. The minimum absolute atomic E-state index is 0.188. The number of rotatable bonds is 3. The van der Waals surface area contributed by atoms with Gasteiger partial charge in [-0.2, -0.15) is 10.1 Å². The van der Waals surface area contributed by atoms with Crippen molar-refractivity contribution in [3.05, 3.63) is 22.1 Å². The molecule has 5 heteroatoms. The summed E-state index contributed by atoms with van der Waals surface area (Å²) in [7, 11) is 1.84. The number of aryl methyl sites for hydroxylation is 1. The van der Waals surface area contributed by atoms with Crippen LogP contribution in [0.25, 0.3) is 5.57 Å². The molecule has 1 aromatic heterocycles. The van der Waals surface area contributed by atoms with E-state index < -0.39 is 0 Å². The molecular formula is C12H17N3OS. The maximum atomic E-state index is 11.9. The molecule has 17 heavy (non-hydrogen) atoms. The highest BCUT2D eigenvalue weighted by Crippen LogP contribution is 2.23. The van der Waals surface area contributed by atoms with Gasteiger partial charge >= 0.3 is 0 Å². The lowest BCUT2D eigenvalue weighted by atomic mass is 9.97. The third-order valence-corrected chi connectivity index (χ3v) is 3.70. The van der Waals surface area contributed by atoms with Gasteiger partial charge in [0.1, 0.15) is 0 Å². The summed E-state index contributed by atoms with van der Waals surface area (Å²) in [6.07, 6.45) is 6.47. The number of nitrogens with zero attached hydrogens (tertiary/aromatic N) is 3. The van der Waals surface area contributed by atoms with E-state index in [0.29, 0.717) is 10.9 Å². The number of hydrogen-bond donors (Lipinski definition) is 0. The highest BCUT2D eigenvalue weighted by atomic mass is 32.2. The van der Waals surface area contributed by atoms with Crippen molar-refractivity contribution in [2.45, 2.75) is 37.8 Å². The highest BCUT2D eigenvalue weighted by Gasteiger charge is 2.14.